The highest BCUT2D eigenvalue weighted by atomic mass is 32.1. The highest BCUT2D eigenvalue weighted by Crippen LogP contribution is 2.37. The van der Waals surface area contributed by atoms with Crippen LogP contribution < -0.4 is 0 Å². The van der Waals surface area contributed by atoms with Crippen LogP contribution in [0.3, 0.4) is 0 Å². The van der Waals surface area contributed by atoms with Crippen molar-refractivity contribution in [1.29, 1.82) is 0 Å². The quantitative estimate of drug-likeness (QED) is 0.478. The molecule has 0 N–H and O–H groups in total. The summed E-state index contributed by atoms with van der Waals surface area (Å²) < 4.78 is 10.7. The maximum atomic E-state index is 12.7. The summed E-state index contributed by atoms with van der Waals surface area (Å²) in [4.78, 5) is 36.2. The fraction of sp³-hybridized carbons (Fsp3) is 0.417. The van der Waals surface area contributed by atoms with Crippen molar-refractivity contribution in [1.82, 2.24) is 14.9 Å². The Morgan fingerprint density at radius 1 is 1.22 bits per heavy atom. The summed E-state index contributed by atoms with van der Waals surface area (Å²) in [5.41, 5.74) is 2.00. The van der Waals surface area contributed by atoms with Gasteiger partial charge in [-0.05, 0) is 52.7 Å². The number of hydrogen-bond donors (Lipinski definition) is 0. The second-order valence-corrected chi connectivity index (χ2v) is 9.59. The Labute approximate surface area is 191 Å². The van der Waals surface area contributed by atoms with Crippen molar-refractivity contribution < 1.29 is 19.1 Å². The van der Waals surface area contributed by atoms with Gasteiger partial charge in [0.2, 0.25) is 0 Å². The van der Waals surface area contributed by atoms with Crippen LogP contribution in [0.5, 0.6) is 0 Å². The first-order valence-corrected chi connectivity index (χ1v) is 11.7. The zero-order valence-corrected chi connectivity index (χ0v) is 19.6. The molecule has 1 amide bonds. The fourth-order valence-electron chi connectivity index (χ4n) is 3.82. The number of ether oxygens (including phenoxy) is 2. The van der Waals surface area contributed by atoms with Gasteiger partial charge >= 0.3 is 12.1 Å². The zero-order valence-electron chi connectivity index (χ0n) is 18.8. The Morgan fingerprint density at radius 2 is 2.00 bits per heavy atom. The molecule has 3 aromatic rings. The van der Waals surface area contributed by atoms with Gasteiger partial charge in [0.15, 0.2) is 0 Å². The number of pyridine rings is 1. The van der Waals surface area contributed by atoms with Crippen LogP contribution >= 0.6 is 11.3 Å². The summed E-state index contributed by atoms with van der Waals surface area (Å²) in [6.45, 7) is 8.31. The molecule has 168 valence electrons. The first-order chi connectivity index (χ1) is 15.3. The monoisotopic (exact) mass is 453 g/mol. The number of rotatable bonds is 4. The minimum absolute atomic E-state index is 0.110. The van der Waals surface area contributed by atoms with Crippen molar-refractivity contribution in [3.05, 3.63) is 46.4 Å². The lowest BCUT2D eigenvalue weighted by Crippen LogP contribution is -2.36. The van der Waals surface area contributed by atoms with E-state index in [1.165, 1.54) is 11.3 Å². The van der Waals surface area contributed by atoms with Crippen molar-refractivity contribution >= 4 is 34.3 Å². The van der Waals surface area contributed by atoms with Crippen LogP contribution in [0, 0.1) is 0 Å². The molecule has 0 bridgehead atoms. The van der Waals surface area contributed by atoms with Gasteiger partial charge in [0.05, 0.1) is 23.9 Å². The summed E-state index contributed by atoms with van der Waals surface area (Å²) in [5, 5.41) is 3.74. The number of carbonyl (C=O) groups excluding carboxylic acids is 2. The molecule has 0 saturated carbocycles. The van der Waals surface area contributed by atoms with E-state index in [4.69, 9.17) is 14.5 Å². The number of hydrogen-bond acceptors (Lipinski definition) is 7. The van der Waals surface area contributed by atoms with Gasteiger partial charge in [-0.2, -0.15) is 0 Å². The number of benzene rings is 1. The second kappa shape index (κ2) is 8.86. The Hall–Kier alpha value is -3.00. The molecule has 0 radical (unpaired) electrons. The lowest BCUT2D eigenvalue weighted by molar-refractivity contribution is 0.0224. The molecule has 1 fully saturated rings. The number of aromatic nitrogens is 2. The van der Waals surface area contributed by atoms with E-state index in [1.54, 1.807) is 17.9 Å². The van der Waals surface area contributed by atoms with Crippen LogP contribution in [-0.2, 0) is 9.47 Å². The molecule has 2 aromatic heterocycles. The molecular weight excluding hydrogens is 426 g/mol. The highest BCUT2D eigenvalue weighted by Gasteiger charge is 2.35. The molecule has 0 aliphatic carbocycles. The van der Waals surface area contributed by atoms with E-state index in [2.05, 4.69) is 4.98 Å². The summed E-state index contributed by atoms with van der Waals surface area (Å²) in [5.74, 6) is -0.457. The van der Waals surface area contributed by atoms with Gasteiger partial charge < -0.3 is 9.47 Å². The summed E-state index contributed by atoms with van der Waals surface area (Å²) in [6.07, 6.45) is 1.44. The van der Waals surface area contributed by atoms with Gasteiger partial charge in [-0.3, -0.25) is 4.90 Å². The fourth-order valence-corrected chi connectivity index (χ4v) is 4.79. The number of para-hydroxylation sites is 1. The van der Waals surface area contributed by atoms with E-state index in [9.17, 15) is 9.59 Å². The van der Waals surface area contributed by atoms with Crippen molar-refractivity contribution in [3.8, 4) is 11.3 Å². The number of amides is 1. The van der Waals surface area contributed by atoms with Crippen LogP contribution in [0.15, 0.2) is 35.7 Å². The first-order valence-electron chi connectivity index (χ1n) is 10.8. The molecule has 8 heteroatoms. The Morgan fingerprint density at radius 3 is 2.75 bits per heavy atom. The molecule has 1 atom stereocenters. The van der Waals surface area contributed by atoms with Crippen molar-refractivity contribution in [2.45, 2.75) is 52.2 Å². The average molecular weight is 454 g/mol. The van der Waals surface area contributed by atoms with Crippen LogP contribution in [0.1, 0.15) is 62.1 Å². The van der Waals surface area contributed by atoms with Crippen molar-refractivity contribution in [2.75, 3.05) is 13.2 Å². The number of nitrogens with zero attached hydrogens (tertiary/aromatic N) is 3. The highest BCUT2D eigenvalue weighted by molar-refractivity contribution is 7.10. The topological polar surface area (TPSA) is 81.6 Å². The molecule has 1 aromatic carbocycles. The van der Waals surface area contributed by atoms with E-state index in [0.29, 0.717) is 12.1 Å². The predicted molar refractivity (Wildman–Crippen MR) is 124 cm³/mol. The summed E-state index contributed by atoms with van der Waals surface area (Å²) >= 11 is 1.52. The largest absolute Gasteiger partial charge is 0.461 e. The van der Waals surface area contributed by atoms with E-state index < -0.39 is 11.6 Å². The Bertz CT molecular complexity index is 1150. The molecular formula is C24H27N3O4S. The van der Waals surface area contributed by atoms with Gasteiger partial charge in [-0.1, -0.05) is 18.2 Å². The normalized spacial score (nSPS) is 16.4. The lowest BCUT2D eigenvalue weighted by Gasteiger charge is -2.27. The minimum Gasteiger partial charge on any atom is -0.461 e. The number of likely N-dealkylation sites (tertiary alicyclic amines) is 1. The number of thiazole rings is 1. The van der Waals surface area contributed by atoms with E-state index >= 15 is 0 Å². The maximum absolute atomic E-state index is 12.7. The van der Waals surface area contributed by atoms with Gasteiger partial charge in [0, 0.05) is 22.9 Å². The molecule has 0 spiro atoms. The third kappa shape index (κ3) is 4.60. The lowest BCUT2D eigenvalue weighted by atomic mass is 10.1. The van der Waals surface area contributed by atoms with Crippen LogP contribution in [-0.4, -0.2) is 45.7 Å². The third-order valence-electron chi connectivity index (χ3n) is 5.16. The second-order valence-electron chi connectivity index (χ2n) is 8.70. The third-order valence-corrected chi connectivity index (χ3v) is 6.11. The molecule has 1 aliphatic heterocycles. The minimum atomic E-state index is -0.544. The number of carbonyl (C=O) groups is 2. The van der Waals surface area contributed by atoms with E-state index in [0.717, 1.165) is 34.5 Å². The van der Waals surface area contributed by atoms with Gasteiger partial charge in [-0.25, -0.2) is 19.6 Å². The number of fused-ring (bicyclic) bond motifs is 1. The number of esters is 1. The van der Waals surface area contributed by atoms with Gasteiger partial charge in [0.25, 0.3) is 0 Å². The Kier molecular flexibility index (Phi) is 6.15. The van der Waals surface area contributed by atoms with Crippen molar-refractivity contribution in [3.63, 3.8) is 0 Å². The molecule has 4 rings (SSSR count). The maximum Gasteiger partial charge on any atom is 0.410 e. The van der Waals surface area contributed by atoms with Gasteiger partial charge in [0.1, 0.15) is 16.3 Å². The molecule has 7 nitrogen and oxygen atoms in total. The van der Waals surface area contributed by atoms with Crippen molar-refractivity contribution in [2.24, 2.45) is 0 Å². The standard InChI is InChI=1S/C24H27N3O4S/c1-5-30-22(28)18-13-16(15-9-6-7-10-17(15)25-18)19-14-32-21(26-19)20-11-8-12-27(20)23(29)31-24(2,3)4/h6-7,9-10,13-14,20H,5,8,11-12H2,1-4H3/t20-/m0/s1. The molecule has 3 heterocycles. The SMILES string of the molecule is CCOC(=O)c1cc(-c2csc([C@@H]3CCCN3C(=O)OC(C)(C)C)n2)c2ccccc2n1. The average Bonchev–Trinajstić information content (AvgIpc) is 3.41. The van der Waals surface area contributed by atoms with E-state index in [-0.39, 0.29) is 24.4 Å². The smallest absolute Gasteiger partial charge is 0.410 e. The van der Waals surface area contributed by atoms with Crippen LogP contribution in [0.25, 0.3) is 22.2 Å². The zero-order chi connectivity index (χ0) is 22.9. The van der Waals surface area contributed by atoms with Gasteiger partial charge in [-0.15, -0.1) is 11.3 Å². The van der Waals surface area contributed by atoms with E-state index in [1.807, 2.05) is 50.4 Å². The van der Waals surface area contributed by atoms with Crippen LogP contribution in [0.4, 0.5) is 4.79 Å². The van der Waals surface area contributed by atoms with Crippen LogP contribution in [0.2, 0.25) is 0 Å². The molecule has 32 heavy (non-hydrogen) atoms. The predicted octanol–water partition coefficient (Wildman–Crippen LogP) is 5.61. The molecule has 1 saturated heterocycles. The first kappa shape index (κ1) is 22.2. The Balaban J connectivity index is 1.69. The summed E-state index contributed by atoms with van der Waals surface area (Å²) in [6, 6.07) is 9.29. The molecule has 0 unspecified atom stereocenters. The summed E-state index contributed by atoms with van der Waals surface area (Å²) in [7, 11) is 0. The molecule has 1 aliphatic rings.